The van der Waals surface area contributed by atoms with Crippen LogP contribution >= 0.6 is 11.3 Å². The summed E-state index contributed by atoms with van der Waals surface area (Å²) in [7, 11) is 0. The molecule has 2 nitrogen and oxygen atoms in total. The van der Waals surface area contributed by atoms with E-state index in [0.717, 1.165) is 15.6 Å². The molecule has 0 radical (unpaired) electrons. The van der Waals surface area contributed by atoms with E-state index in [4.69, 9.17) is 0 Å². The Labute approximate surface area is 130 Å². The molecule has 0 amide bonds. The van der Waals surface area contributed by atoms with Crippen LogP contribution in [-0.4, -0.2) is 11.6 Å². The van der Waals surface area contributed by atoms with Crippen molar-refractivity contribution in [2.45, 2.75) is 6.42 Å². The van der Waals surface area contributed by atoms with Crippen LogP contribution in [0.25, 0.3) is 10.1 Å². The van der Waals surface area contributed by atoms with E-state index in [9.17, 15) is 14.0 Å². The van der Waals surface area contributed by atoms with Crippen LogP contribution in [-0.2, 0) is 6.42 Å². The van der Waals surface area contributed by atoms with E-state index in [0.29, 0.717) is 17.5 Å². The molecule has 0 aliphatic heterocycles. The zero-order valence-corrected chi connectivity index (χ0v) is 12.3. The molecule has 2 aromatic carbocycles. The second kappa shape index (κ2) is 4.85. The molecule has 4 rings (SSSR count). The minimum atomic E-state index is -0.682. The third-order valence-corrected chi connectivity index (χ3v) is 5.14. The fourth-order valence-corrected chi connectivity index (χ4v) is 3.98. The summed E-state index contributed by atoms with van der Waals surface area (Å²) in [6.45, 7) is 0. The summed E-state index contributed by atoms with van der Waals surface area (Å²) in [5.74, 6) is -1.24. The number of benzene rings is 2. The van der Waals surface area contributed by atoms with E-state index in [-0.39, 0.29) is 17.4 Å². The van der Waals surface area contributed by atoms with Gasteiger partial charge in [-0.2, -0.15) is 0 Å². The van der Waals surface area contributed by atoms with Gasteiger partial charge < -0.3 is 0 Å². The van der Waals surface area contributed by atoms with Gasteiger partial charge in [0.25, 0.3) is 0 Å². The van der Waals surface area contributed by atoms with Gasteiger partial charge in [-0.3, -0.25) is 9.59 Å². The third-order valence-electron chi connectivity index (χ3n) is 4.13. The van der Waals surface area contributed by atoms with Gasteiger partial charge in [-0.25, -0.2) is 4.39 Å². The summed E-state index contributed by atoms with van der Waals surface area (Å²) in [5, 5.41) is 2.70. The first-order valence-corrected chi connectivity index (χ1v) is 7.86. The number of fused-ring (bicyclic) bond motifs is 2. The van der Waals surface area contributed by atoms with Crippen molar-refractivity contribution < 1.29 is 14.0 Å². The van der Waals surface area contributed by atoms with Gasteiger partial charge in [0.1, 0.15) is 5.82 Å². The molecule has 0 bridgehead atoms. The second-order valence-corrected chi connectivity index (χ2v) is 6.34. The number of Topliss-reactive ketones (excluding diaryl/α,β-unsaturated/α-hetero) is 2. The molecule has 0 unspecified atom stereocenters. The molecule has 3 aromatic rings. The minimum absolute atomic E-state index is 0.128. The van der Waals surface area contributed by atoms with Gasteiger partial charge in [0.15, 0.2) is 11.6 Å². The van der Waals surface area contributed by atoms with E-state index >= 15 is 0 Å². The highest BCUT2D eigenvalue weighted by Gasteiger charge is 2.38. The lowest BCUT2D eigenvalue weighted by Crippen LogP contribution is -2.17. The van der Waals surface area contributed by atoms with Gasteiger partial charge >= 0.3 is 0 Å². The summed E-state index contributed by atoms with van der Waals surface area (Å²) in [6.07, 6.45) is 0.329. The highest BCUT2D eigenvalue weighted by Crippen LogP contribution is 2.33. The van der Waals surface area contributed by atoms with E-state index in [1.807, 2.05) is 5.38 Å². The van der Waals surface area contributed by atoms with Gasteiger partial charge in [-0.1, -0.05) is 24.3 Å². The summed E-state index contributed by atoms with van der Waals surface area (Å²) in [4.78, 5) is 24.9. The van der Waals surface area contributed by atoms with Crippen molar-refractivity contribution in [3.63, 3.8) is 0 Å². The predicted molar refractivity (Wildman–Crippen MR) is 84.1 cm³/mol. The monoisotopic (exact) mass is 310 g/mol. The zero-order valence-electron chi connectivity index (χ0n) is 11.5. The van der Waals surface area contributed by atoms with E-state index in [1.54, 1.807) is 30.3 Å². The second-order valence-electron chi connectivity index (χ2n) is 5.43. The fourth-order valence-electron chi connectivity index (χ4n) is 3.02. The number of hydrogen-bond donors (Lipinski definition) is 0. The first-order valence-electron chi connectivity index (χ1n) is 6.98. The smallest absolute Gasteiger partial charge is 0.174 e. The number of halogens is 1. The lowest BCUT2D eigenvalue weighted by atomic mass is 9.94. The van der Waals surface area contributed by atoms with Crippen molar-refractivity contribution in [1.29, 1.82) is 0 Å². The average Bonchev–Trinajstić information content (AvgIpc) is 3.03. The molecule has 1 aliphatic carbocycles. The van der Waals surface area contributed by atoms with Crippen molar-refractivity contribution in [1.82, 2.24) is 0 Å². The normalized spacial score (nSPS) is 14.8. The topological polar surface area (TPSA) is 34.1 Å². The lowest BCUT2D eigenvalue weighted by Gasteiger charge is -2.06. The zero-order chi connectivity index (χ0) is 15.3. The molecule has 0 fully saturated rings. The average molecular weight is 310 g/mol. The molecule has 0 spiro atoms. The molecule has 108 valence electrons. The molecule has 1 aliphatic rings. The van der Waals surface area contributed by atoms with E-state index < -0.39 is 5.92 Å². The minimum Gasteiger partial charge on any atom is -0.293 e. The number of rotatable bonds is 2. The van der Waals surface area contributed by atoms with Crippen molar-refractivity contribution in [3.8, 4) is 0 Å². The molecular weight excluding hydrogens is 299 g/mol. The highest BCUT2D eigenvalue weighted by atomic mass is 32.1. The van der Waals surface area contributed by atoms with Gasteiger partial charge in [-0.05, 0) is 40.9 Å². The van der Waals surface area contributed by atoms with Crippen LogP contribution in [0.15, 0.2) is 47.8 Å². The Morgan fingerprint density at radius 3 is 2.36 bits per heavy atom. The summed E-state index contributed by atoms with van der Waals surface area (Å²) < 4.78 is 14.4. The maximum Gasteiger partial charge on any atom is 0.174 e. The van der Waals surface area contributed by atoms with Gasteiger partial charge in [-0.15, -0.1) is 11.3 Å². The molecule has 1 aromatic heterocycles. The molecular formula is C18H11FO2S. The fraction of sp³-hybridized carbons (Fsp3) is 0.111. The number of carbonyl (C=O) groups is 2. The van der Waals surface area contributed by atoms with Crippen molar-refractivity contribution in [2.24, 2.45) is 5.92 Å². The van der Waals surface area contributed by atoms with E-state index in [1.165, 1.54) is 23.5 Å². The first-order chi connectivity index (χ1) is 10.6. The Morgan fingerprint density at radius 1 is 1.00 bits per heavy atom. The Hall–Kier alpha value is -2.33. The molecule has 0 saturated heterocycles. The Kier molecular flexibility index (Phi) is 2.94. The van der Waals surface area contributed by atoms with Crippen LogP contribution in [0.3, 0.4) is 0 Å². The Balaban J connectivity index is 1.74. The van der Waals surface area contributed by atoms with Gasteiger partial charge in [0, 0.05) is 15.8 Å². The molecule has 0 atom stereocenters. The summed E-state index contributed by atoms with van der Waals surface area (Å²) in [6, 6.07) is 11.5. The number of carbonyl (C=O) groups excluding carboxylic acids is 2. The molecule has 0 saturated carbocycles. The number of thiophene rings is 1. The molecule has 4 heteroatoms. The summed E-state index contributed by atoms with van der Waals surface area (Å²) >= 11 is 1.50. The Bertz CT molecular complexity index is 891. The summed E-state index contributed by atoms with van der Waals surface area (Å²) in [5.41, 5.74) is 1.87. The maximum atomic E-state index is 13.4. The van der Waals surface area contributed by atoms with Crippen LogP contribution in [0.1, 0.15) is 26.3 Å². The number of ketones is 2. The lowest BCUT2D eigenvalue weighted by molar-refractivity contribution is 0.0838. The SMILES string of the molecule is O=C1c2ccccc2C(=O)C1Cc1csc2ccc(F)cc12. The quantitative estimate of drug-likeness (QED) is 0.662. The van der Waals surface area contributed by atoms with Gasteiger partial charge in [0.2, 0.25) is 0 Å². The van der Waals surface area contributed by atoms with Crippen LogP contribution in [0.5, 0.6) is 0 Å². The largest absolute Gasteiger partial charge is 0.293 e. The molecule has 0 N–H and O–H groups in total. The number of hydrogen-bond acceptors (Lipinski definition) is 3. The highest BCUT2D eigenvalue weighted by molar-refractivity contribution is 7.17. The van der Waals surface area contributed by atoms with Gasteiger partial charge in [0.05, 0.1) is 5.92 Å². The predicted octanol–water partition coefficient (Wildman–Crippen LogP) is 4.28. The third kappa shape index (κ3) is 1.91. The van der Waals surface area contributed by atoms with Crippen LogP contribution in [0.2, 0.25) is 0 Å². The first kappa shape index (κ1) is 13.3. The van der Waals surface area contributed by atoms with Crippen molar-refractivity contribution in [3.05, 3.63) is 70.4 Å². The molecule has 22 heavy (non-hydrogen) atoms. The standard InChI is InChI=1S/C18H11FO2S/c19-11-5-6-16-14(8-11)10(9-22-16)7-15-17(20)12-3-1-2-4-13(12)18(15)21/h1-6,8-9,15H,7H2. The maximum absolute atomic E-state index is 13.4. The van der Waals surface area contributed by atoms with Crippen molar-refractivity contribution in [2.75, 3.05) is 0 Å². The van der Waals surface area contributed by atoms with E-state index in [2.05, 4.69) is 0 Å². The van der Waals surface area contributed by atoms with Crippen LogP contribution < -0.4 is 0 Å². The van der Waals surface area contributed by atoms with Crippen LogP contribution in [0, 0.1) is 11.7 Å². The van der Waals surface area contributed by atoms with Crippen molar-refractivity contribution >= 4 is 33.0 Å². The molecule has 1 heterocycles. The Morgan fingerprint density at radius 2 is 1.68 bits per heavy atom. The van der Waals surface area contributed by atoms with Crippen LogP contribution in [0.4, 0.5) is 4.39 Å².